The highest BCUT2D eigenvalue weighted by atomic mass is 16.6. The summed E-state index contributed by atoms with van der Waals surface area (Å²) in [6, 6.07) is 5.82. The summed E-state index contributed by atoms with van der Waals surface area (Å²) in [6.07, 6.45) is -0.253. The van der Waals surface area contributed by atoms with E-state index in [1.807, 2.05) is 26.0 Å². The van der Waals surface area contributed by atoms with Crippen molar-refractivity contribution >= 4 is 6.09 Å². The van der Waals surface area contributed by atoms with Crippen molar-refractivity contribution in [2.45, 2.75) is 13.8 Å². The first-order valence-corrected chi connectivity index (χ1v) is 5.91. The fourth-order valence-electron chi connectivity index (χ4n) is 2.00. The van der Waals surface area contributed by atoms with E-state index in [2.05, 4.69) is 11.4 Å². The number of hydrogen-bond donors (Lipinski definition) is 1. The van der Waals surface area contributed by atoms with E-state index in [0.717, 1.165) is 24.2 Å². The zero-order chi connectivity index (χ0) is 12.3. The minimum Gasteiger partial charge on any atom is -0.410 e. The number of hydrogen-bond acceptors (Lipinski definition) is 3. The molecule has 0 radical (unpaired) electrons. The Morgan fingerprint density at radius 2 is 1.76 bits per heavy atom. The minimum absolute atomic E-state index is 0.253. The molecule has 4 nitrogen and oxygen atoms in total. The molecule has 1 aromatic rings. The van der Waals surface area contributed by atoms with Crippen LogP contribution in [-0.2, 0) is 0 Å². The van der Waals surface area contributed by atoms with E-state index in [0.29, 0.717) is 18.8 Å². The van der Waals surface area contributed by atoms with Crippen molar-refractivity contribution in [2.75, 3.05) is 26.2 Å². The van der Waals surface area contributed by atoms with Crippen LogP contribution in [0.25, 0.3) is 0 Å². The summed E-state index contributed by atoms with van der Waals surface area (Å²) in [6.45, 7) is 7.08. The summed E-state index contributed by atoms with van der Waals surface area (Å²) in [7, 11) is 0. The lowest BCUT2D eigenvalue weighted by atomic mass is 10.1. The Labute approximate surface area is 102 Å². The fraction of sp³-hybridized carbons (Fsp3) is 0.462. The predicted molar refractivity (Wildman–Crippen MR) is 66.4 cm³/mol. The van der Waals surface area contributed by atoms with E-state index in [9.17, 15) is 4.79 Å². The Kier molecular flexibility index (Phi) is 3.64. The largest absolute Gasteiger partial charge is 0.415 e. The van der Waals surface area contributed by atoms with Gasteiger partial charge in [0.15, 0.2) is 0 Å². The third-order valence-corrected chi connectivity index (χ3v) is 2.78. The number of nitrogens with one attached hydrogen (secondary N) is 1. The highest BCUT2D eigenvalue weighted by Crippen LogP contribution is 2.17. The summed E-state index contributed by atoms with van der Waals surface area (Å²) >= 11 is 0. The van der Waals surface area contributed by atoms with Gasteiger partial charge in [-0.25, -0.2) is 4.79 Å². The summed E-state index contributed by atoms with van der Waals surface area (Å²) < 4.78 is 5.37. The van der Waals surface area contributed by atoms with Gasteiger partial charge in [-0.2, -0.15) is 0 Å². The lowest BCUT2D eigenvalue weighted by Gasteiger charge is -2.26. The molecule has 4 heteroatoms. The van der Waals surface area contributed by atoms with E-state index in [-0.39, 0.29) is 6.09 Å². The Balaban J connectivity index is 2.01. The van der Waals surface area contributed by atoms with Gasteiger partial charge in [-0.15, -0.1) is 0 Å². The molecule has 1 saturated heterocycles. The van der Waals surface area contributed by atoms with Gasteiger partial charge in [-0.3, -0.25) is 0 Å². The van der Waals surface area contributed by atoms with E-state index in [1.54, 1.807) is 4.90 Å². The second-order valence-electron chi connectivity index (χ2n) is 4.43. The molecule has 1 aromatic carbocycles. The number of benzene rings is 1. The number of carbonyl (C=O) groups is 1. The quantitative estimate of drug-likeness (QED) is 0.804. The van der Waals surface area contributed by atoms with Crippen molar-refractivity contribution in [3.63, 3.8) is 0 Å². The van der Waals surface area contributed by atoms with Crippen LogP contribution in [0, 0.1) is 13.8 Å². The molecular formula is C13H18N2O2. The lowest BCUT2D eigenvalue weighted by Crippen LogP contribution is -2.47. The van der Waals surface area contributed by atoms with Crippen LogP contribution in [0.15, 0.2) is 18.2 Å². The van der Waals surface area contributed by atoms with Gasteiger partial charge in [0.2, 0.25) is 0 Å². The first-order chi connectivity index (χ1) is 8.15. The SMILES string of the molecule is Cc1cc(C)cc(OC(=O)N2CCNCC2)c1. The maximum atomic E-state index is 11.9. The second kappa shape index (κ2) is 5.19. The number of nitrogens with zero attached hydrogens (tertiary/aromatic N) is 1. The number of rotatable bonds is 1. The summed E-state index contributed by atoms with van der Waals surface area (Å²) in [5.41, 5.74) is 2.21. The molecule has 1 fully saturated rings. The van der Waals surface area contributed by atoms with Crippen LogP contribution in [0.4, 0.5) is 4.79 Å². The molecule has 17 heavy (non-hydrogen) atoms. The van der Waals surface area contributed by atoms with E-state index < -0.39 is 0 Å². The van der Waals surface area contributed by atoms with Crippen LogP contribution in [0.1, 0.15) is 11.1 Å². The van der Waals surface area contributed by atoms with Crippen LogP contribution in [0.2, 0.25) is 0 Å². The molecule has 1 amide bonds. The molecule has 1 heterocycles. The first-order valence-electron chi connectivity index (χ1n) is 5.91. The van der Waals surface area contributed by atoms with Crippen LogP contribution in [0.5, 0.6) is 5.75 Å². The normalized spacial score (nSPS) is 15.8. The molecule has 0 spiro atoms. The second-order valence-corrected chi connectivity index (χ2v) is 4.43. The summed E-state index contributed by atoms with van der Waals surface area (Å²) in [5, 5.41) is 3.20. The predicted octanol–water partition coefficient (Wildman–Crippen LogP) is 1.71. The molecule has 92 valence electrons. The zero-order valence-electron chi connectivity index (χ0n) is 10.3. The smallest absolute Gasteiger partial charge is 0.410 e. The monoisotopic (exact) mass is 234 g/mol. The molecule has 1 N–H and O–H groups in total. The van der Waals surface area contributed by atoms with E-state index in [1.165, 1.54) is 0 Å². The van der Waals surface area contributed by atoms with Crippen LogP contribution < -0.4 is 10.1 Å². The third kappa shape index (κ3) is 3.20. The van der Waals surface area contributed by atoms with E-state index in [4.69, 9.17) is 4.74 Å². The topological polar surface area (TPSA) is 41.6 Å². The average Bonchev–Trinajstić information content (AvgIpc) is 2.28. The minimum atomic E-state index is -0.253. The Morgan fingerprint density at radius 3 is 2.35 bits per heavy atom. The fourth-order valence-corrected chi connectivity index (χ4v) is 2.00. The first kappa shape index (κ1) is 11.9. The standard InChI is InChI=1S/C13H18N2O2/c1-10-7-11(2)9-12(8-10)17-13(16)15-5-3-14-4-6-15/h7-9,14H,3-6H2,1-2H3. The maximum Gasteiger partial charge on any atom is 0.415 e. The maximum absolute atomic E-state index is 11.9. The van der Waals surface area contributed by atoms with Crippen molar-refractivity contribution in [1.82, 2.24) is 10.2 Å². The van der Waals surface area contributed by atoms with Gasteiger partial charge >= 0.3 is 6.09 Å². The van der Waals surface area contributed by atoms with Crippen molar-refractivity contribution in [1.29, 1.82) is 0 Å². The summed E-state index contributed by atoms with van der Waals surface area (Å²) in [5.74, 6) is 0.631. The molecule has 0 atom stereocenters. The van der Waals surface area contributed by atoms with Gasteiger partial charge in [0.05, 0.1) is 0 Å². The van der Waals surface area contributed by atoms with Gasteiger partial charge in [0, 0.05) is 26.2 Å². The number of carbonyl (C=O) groups excluding carboxylic acids is 1. The Morgan fingerprint density at radius 1 is 1.18 bits per heavy atom. The van der Waals surface area contributed by atoms with Crippen LogP contribution >= 0.6 is 0 Å². The molecule has 0 aromatic heterocycles. The summed E-state index contributed by atoms with van der Waals surface area (Å²) in [4.78, 5) is 13.6. The molecule has 0 aliphatic carbocycles. The highest BCUT2D eigenvalue weighted by Gasteiger charge is 2.18. The molecule has 2 rings (SSSR count). The molecule has 1 aliphatic rings. The van der Waals surface area contributed by atoms with Gasteiger partial charge in [-0.05, 0) is 37.1 Å². The Hall–Kier alpha value is -1.55. The zero-order valence-corrected chi connectivity index (χ0v) is 10.3. The van der Waals surface area contributed by atoms with Crippen LogP contribution in [-0.4, -0.2) is 37.2 Å². The Bertz CT molecular complexity index is 392. The van der Waals surface area contributed by atoms with Crippen molar-refractivity contribution < 1.29 is 9.53 Å². The van der Waals surface area contributed by atoms with Gasteiger partial charge in [0.25, 0.3) is 0 Å². The number of aryl methyl sites for hydroxylation is 2. The number of piperazine rings is 1. The third-order valence-electron chi connectivity index (χ3n) is 2.78. The van der Waals surface area contributed by atoms with Crippen LogP contribution in [0.3, 0.4) is 0 Å². The van der Waals surface area contributed by atoms with Crippen molar-refractivity contribution in [2.24, 2.45) is 0 Å². The lowest BCUT2D eigenvalue weighted by molar-refractivity contribution is 0.146. The number of amides is 1. The van der Waals surface area contributed by atoms with Gasteiger partial charge in [-0.1, -0.05) is 6.07 Å². The van der Waals surface area contributed by atoms with Crippen molar-refractivity contribution in [3.05, 3.63) is 29.3 Å². The molecule has 0 unspecified atom stereocenters. The van der Waals surface area contributed by atoms with Gasteiger partial charge < -0.3 is 15.0 Å². The van der Waals surface area contributed by atoms with Crippen molar-refractivity contribution in [3.8, 4) is 5.75 Å². The molecule has 0 bridgehead atoms. The number of ether oxygens (including phenoxy) is 1. The van der Waals surface area contributed by atoms with E-state index >= 15 is 0 Å². The molecular weight excluding hydrogens is 216 g/mol. The molecule has 0 saturated carbocycles. The average molecular weight is 234 g/mol. The highest BCUT2D eigenvalue weighted by molar-refractivity contribution is 5.71. The molecule has 1 aliphatic heterocycles. The van der Waals surface area contributed by atoms with Gasteiger partial charge in [0.1, 0.15) is 5.75 Å².